The Hall–Kier alpha value is -1.34. The monoisotopic (exact) mass is 298 g/mol. The molecule has 0 spiro atoms. The van der Waals surface area contributed by atoms with Gasteiger partial charge in [-0.2, -0.15) is 0 Å². The second kappa shape index (κ2) is 7.61. The first-order valence-corrected chi connectivity index (χ1v) is 7.75. The highest BCUT2D eigenvalue weighted by Crippen LogP contribution is 2.36. The van der Waals surface area contributed by atoms with Gasteiger partial charge in [-0.1, -0.05) is 24.4 Å². The highest BCUT2D eigenvalue weighted by molar-refractivity contribution is 6.06. The average molecular weight is 298 g/mol. The van der Waals surface area contributed by atoms with Crippen LogP contribution in [0.4, 0.5) is 0 Å². The molecule has 1 saturated heterocycles. The molecule has 1 aliphatic carbocycles. The molecular weight excluding hydrogens is 272 g/mol. The Bertz CT molecular complexity index is 374. The zero-order chi connectivity index (χ0) is 15.1. The number of nitrogens with two attached hydrogens (primary N) is 1. The molecule has 2 rings (SSSR count). The number of morpholine rings is 1. The van der Waals surface area contributed by atoms with Crippen LogP contribution in [0.5, 0.6) is 0 Å². The maximum absolute atomic E-state index is 12.5. The van der Waals surface area contributed by atoms with Crippen molar-refractivity contribution in [3.05, 3.63) is 0 Å². The topological polar surface area (TPSA) is 100 Å². The van der Waals surface area contributed by atoms with E-state index in [1.165, 1.54) is 0 Å². The Morgan fingerprint density at radius 3 is 2.57 bits per heavy atom. The molecule has 0 bridgehead atoms. The average Bonchev–Trinajstić information content (AvgIpc) is 2.55. The summed E-state index contributed by atoms with van der Waals surface area (Å²) >= 11 is 0. The van der Waals surface area contributed by atoms with Gasteiger partial charge in [-0.15, -0.1) is 0 Å². The summed E-state index contributed by atoms with van der Waals surface area (Å²) in [5, 5.41) is 15.1. The molecule has 1 heterocycles. The number of amidine groups is 1. The largest absolute Gasteiger partial charge is 0.409 e. The molecule has 1 saturated carbocycles. The van der Waals surface area contributed by atoms with E-state index in [2.05, 4.69) is 15.4 Å². The number of carbonyl (C=O) groups excluding carboxylic acids is 1. The summed E-state index contributed by atoms with van der Waals surface area (Å²) in [5.41, 5.74) is 4.99. The fourth-order valence-electron chi connectivity index (χ4n) is 3.17. The van der Waals surface area contributed by atoms with Crippen molar-refractivity contribution in [1.29, 1.82) is 0 Å². The smallest absolute Gasteiger partial charge is 0.233 e. The lowest BCUT2D eigenvalue weighted by Gasteiger charge is -2.35. The molecule has 2 fully saturated rings. The molecule has 1 aliphatic heterocycles. The standard InChI is InChI=1S/C14H26N4O3/c15-12(17-20)14(4-2-1-3-5-14)13(19)16-6-7-18-8-10-21-11-9-18/h20H,1-11H2,(H2,15,17)(H,16,19). The van der Waals surface area contributed by atoms with Crippen molar-refractivity contribution in [1.82, 2.24) is 10.2 Å². The van der Waals surface area contributed by atoms with Gasteiger partial charge in [0, 0.05) is 26.2 Å². The van der Waals surface area contributed by atoms with Crippen LogP contribution in [0.3, 0.4) is 0 Å². The summed E-state index contributed by atoms with van der Waals surface area (Å²) in [6.45, 7) is 4.70. The maximum Gasteiger partial charge on any atom is 0.233 e. The first-order valence-electron chi connectivity index (χ1n) is 7.75. The number of rotatable bonds is 5. The zero-order valence-corrected chi connectivity index (χ0v) is 12.5. The summed E-state index contributed by atoms with van der Waals surface area (Å²) in [5.74, 6) is -0.0585. The van der Waals surface area contributed by atoms with Crippen LogP contribution in [-0.2, 0) is 9.53 Å². The Morgan fingerprint density at radius 2 is 1.95 bits per heavy atom. The van der Waals surface area contributed by atoms with Gasteiger partial charge >= 0.3 is 0 Å². The van der Waals surface area contributed by atoms with Gasteiger partial charge < -0.3 is 21.0 Å². The van der Waals surface area contributed by atoms with Gasteiger partial charge in [-0.3, -0.25) is 9.69 Å². The Labute approximate surface area is 125 Å². The van der Waals surface area contributed by atoms with Crippen LogP contribution in [0.15, 0.2) is 5.16 Å². The van der Waals surface area contributed by atoms with Gasteiger partial charge in [0.25, 0.3) is 0 Å². The molecule has 4 N–H and O–H groups in total. The summed E-state index contributed by atoms with van der Waals surface area (Å²) in [6, 6.07) is 0. The van der Waals surface area contributed by atoms with Crippen molar-refractivity contribution in [3.63, 3.8) is 0 Å². The van der Waals surface area contributed by atoms with E-state index in [4.69, 9.17) is 15.7 Å². The van der Waals surface area contributed by atoms with E-state index in [-0.39, 0.29) is 11.7 Å². The molecule has 21 heavy (non-hydrogen) atoms. The lowest BCUT2D eigenvalue weighted by atomic mass is 9.72. The molecule has 0 aromatic carbocycles. The van der Waals surface area contributed by atoms with Gasteiger partial charge in [-0.25, -0.2) is 0 Å². The van der Waals surface area contributed by atoms with Crippen molar-refractivity contribution >= 4 is 11.7 Å². The van der Waals surface area contributed by atoms with Crippen molar-refractivity contribution in [2.24, 2.45) is 16.3 Å². The number of ether oxygens (including phenoxy) is 1. The molecule has 0 aromatic rings. The zero-order valence-electron chi connectivity index (χ0n) is 12.5. The number of oxime groups is 1. The summed E-state index contributed by atoms with van der Waals surface area (Å²) in [4.78, 5) is 14.8. The first-order chi connectivity index (χ1) is 10.2. The van der Waals surface area contributed by atoms with Gasteiger partial charge in [0.2, 0.25) is 5.91 Å². The number of hydrogen-bond donors (Lipinski definition) is 3. The minimum Gasteiger partial charge on any atom is -0.409 e. The third kappa shape index (κ3) is 3.85. The minimum atomic E-state index is -0.821. The number of amides is 1. The van der Waals surface area contributed by atoms with Crippen LogP contribution < -0.4 is 11.1 Å². The number of carbonyl (C=O) groups is 1. The fraction of sp³-hybridized carbons (Fsp3) is 0.857. The van der Waals surface area contributed by atoms with Gasteiger partial charge in [-0.05, 0) is 12.8 Å². The molecule has 120 valence electrons. The number of nitrogens with zero attached hydrogens (tertiary/aromatic N) is 2. The third-order valence-corrected chi connectivity index (χ3v) is 4.56. The normalized spacial score (nSPS) is 23.7. The molecule has 0 radical (unpaired) electrons. The van der Waals surface area contributed by atoms with Crippen LogP contribution in [0, 0.1) is 5.41 Å². The predicted octanol–water partition coefficient (Wildman–Crippen LogP) is 0.132. The van der Waals surface area contributed by atoms with E-state index in [9.17, 15) is 4.79 Å². The van der Waals surface area contributed by atoms with E-state index >= 15 is 0 Å². The predicted molar refractivity (Wildman–Crippen MR) is 79.2 cm³/mol. The SMILES string of the molecule is NC(=NO)C1(C(=O)NCCN2CCOCC2)CCCCC1. The molecule has 1 amide bonds. The third-order valence-electron chi connectivity index (χ3n) is 4.56. The first kappa shape index (κ1) is 16.0. The lowest BCUT2D eigenvalue weighted by Crippen LogP contribution is -2.52. The van der Waals surface area contributed by atoms with E-state index in [1.807, 2.05) is 0 Å². The van der Waals surface area contributed by atoms with Gasteiger partial charge in [0.15, 0.2) is 5.84 Å². The fourth-order valence-corrected chi connectivity index (χ4v) is 3.17. The maximum atomic E-state index is 12.5. The van der Waals surface area contributed by atoms with Crippen LogP contribution in [0.25, 0.3) is 0 Å². The molecular formula is C14H26N4O3. The Morgan fingerprint density at radius 1 is 1.29 bits per heavy atom. The van der Waals surface area contributed by atoms with E-state index in [0.29, 0.717) is 19.4 Å². The molecule has 0 unspecified atom stereocenters. The Kier molecular flexibility index (Phi) is 5.81. The van der Waals surface area contributed by atoms with Crippen molar-refractivity contribution in [3.8, 4) is 0 Å². The summed E-state index contributed by atoms with van der Waals surface area (Å²) < 4.78 is 5.30. The minimum absolute atomic E-state index is 0.0473. The van der Waals surface area contributed by atoms with Crippen LogP contribution >= 0.6 is 0 Å². The summed E-state index contributed by atoms with van der Waals surface area (Å²) in [6.07, 6.45) is 4.29. The molecule has 7 nitrogen and oxygen atoms in total. The molecule has 7 heteroatoms. The lowest BCUT2D eigenvalue weighted by molar-refractivity contribution is -0.129. The molecule has 0 aromatic heterocycles. The Balaban J connectivity index is 1.86. The van der Waals surface area contributed by atoms with Crippen molar-refractivity contribution in [2.75, 3.05) is 39.4 Å². The second-order valence-electron chi connectivity index (χ2n) is 5.84. The molecule has 2 aliphatic rings. The van der Waals surface area contributed by atoms with Crippen molar-refractivity contribution in [2.45, 2.75) is 32.1 Å². The second-order valence-corrected chi connectivity index (χ2v) is 5.84. The van der Waals surface area contributed by atoms with Crippen LogP contribution in [-0.4, -0.2) is 61.2 Å². The molecule has 0 atom stereocenters. The van der Waals surface area contributed by atoms with Crippen molar-refractivity contribution < 1.29 is 14.7 Å². The highest BCUT2D eigenvalue weighted by atomic mass is 16.5. The van der Waals surface area contributed by atoms with Crippen LogP contribution in [0.1, 0.15) is 32.1 Å². The van der Waals surface area contributed by atoms with E-state index in [0.717, 1.165) is 52.1 Å². The van der Waals surface area contributed by atoms with Gasteiger partial charge in [0.1, 0.15) is 5.41 Å². The van der Waals surface area contributed by atoms with E-state index < -0.39 is 5.41 Å². The number of hydrogen-bond acceptors (Lipinski definition) is 5. The summed E-state index contributed by atoms with van der Waals surface area (Å²) in [7, 11) is 0. The van der Waals surface area contributed by atoms with Gasteiger partial charge in [0.05, 0.1) is 13.2 Å². The quantitative estimate of drug-likeness (QED) is 0.290. The van der Waals surface area contributed by atoms with Crippen LogP contribution in [0.2, 0.25) is 0 Å². The highest BCUT2D eigenvalue weighted by Gasteiger charge is 2.43. The number of nitrogens with one attached hydrogen (secondary N) is 1. The van der Waals surface area contributed by atoms with E-state index in [1.54, 1.807) is 0 Å².